The summed E-state index contributed by atoms with van der Waals surface area (Å²) < 4.78 is 75.1. The van der Waals surface area contributed by atoms with Crippen molar-refractivity contribution in [3.63, 3.8) is 0 Å². The Morgan fingerprint density at radius 2 is 1.87 bits per heavy atom. The summed E-state index contributed by atoms with van der Waals surface area (Å²) in [6.07, 6.45) is -5.45. The van der Waals surface area contributed by atoms with Gasteiger partial charge in [-0.25, -0.2) is 9.37 Å². The number of benzene rings is 3. The lowest BCUT2D eigenvalue weighted by Crippen LogP contribution is -2.44. The molecule has 0 radical (unpaired) electrons. The number of nitrogens with zero attached hydrogens (tertiary/aromatic N) is 4. The largest absolute Gasteiger partial charge is 0.493 e. The normalized spacial score (nSPS) is 17.1. The monoisotopic (exact) mass is 622 g/mol. The number of alkyl halides is 3. The van der Waals surface area contributed by atoms with Crippen LogP contribution in [0.5, 0.6) is 11.5 Å². The summed E-state index contributed by atoms with van der Waals surface area (Å²) in [5.41, 5.74) is 2.15. The van der Waals surface area contributed by atoms with Crippen LogP contribution < -0.4 is 14.4 Å². The van der Waals surface area contributed by atoms with Crippen LogP contribution in [-0.2, 0) is 9.59 Å². The number of halogens is 4. The first-order valence-corrected chi connectivity index (χ1v) is 13.8. The van der Waals surface area contributed by atoms with E-state index in [1.54, 1.807) is 35.8 Å². The van der Waals surface area contributed by atoms with Crippen LogP contribution in [-0.4, -0.2) is 51.1 Å². The van der Waals surface area contributed by atoms with Crippen molar-refractivity contribution in [3.8, 4) is 28.7 Å². The molecule has 14 heteroatoms. The Bertz CT molecular complexity index is 2000. The Labute approximate surface area is 251 Å². The first kappa shape index (κ1) is 28.4. The van der Waals surface area contributed by atoms with Crippen molar-refractivity contribution in [3.05, 3.63) is 83.4 Å². The number of carboxylic acids is 1. The Morgan fingerprint density at radius 3 is 2.60 bits per heavy atom. The molecule has 10 nitrogen and oxygen atoms in total. The number of rotatable bonds is 6. The number of anilines is 1. The van der Waals surface area contributed by atoms with Crippen molar-refractivity contribution >= 4 is 28.6 Å². The lowest BCUT2D eigenvalue weighted by molar-refractivity contribution is -0.171. The maximum atomic E-state index is 14.5. The number of aliphatic carboxylic acids is 1. The molecule has 1 amide bonds. The summed E-state index contributed by atoms with van der Waals surface area (Å²) in [7, 11) is 0. The number of carbonyl (C=O) groups excluding carboxylic acids is 1. The van der Waals surface area contributed by atoms with E-state index in [-0.39, 0.29) is 48.2 Å². The molecule has 4 heterocycles. The number of hydrogen-bond acceptors (Lipinski definition) is 7. The Hall–Kier alpha value is -5.40. The van der Waals surface area contributed by atoms with E-state index in [0.717, 1.165) is 0 Å². The Kier molecular flexibility index (Phi) is 6.53. The van der Waals surface area contributed by atoms with Crippen molar-refractivity contribution in [2.24, 2.45) is 0 Å². The standard InChI is InChI=1S/C31H22F4N4O6/c1-15-9-22(37-45-15)29-36-21-8-5-17(32)11-24(21)39(29)23-4-2-3-20-25(14-44-28(20)23)38(30(42)31(33,34)35)18-6-7-19-16(10-27(40)41)13-43-26(19)12-18/h2-9,11-12,16,25H,10,13-14H2,1H3,(H,40,41)/t16-,25-/m1/s1. The molecule has 2 atom stereocenters. The predicted molar refractivity (Wildman–Crippen MR) is 150 cm³/mol. The van der Waals surface area contributed by atoms with Crippen LogP contribution in [0, 0.1) is 12.7 Å². The molecule has 0 fully saturated rings. The molecule has 2 aliphatic heterocycles. The van der Waals surface area contributed by atoms with Crippen molar-refractivity contribution in [1.29, 1.82) is 0 Å². The van der Waals surface area contributed by atoms with Gasteiger partial charge in [-0.2, -0.15) is 13.2 Å². The predicted octanol–water partition coefficient (Wildman–Crippen LogP) is 6.11. The number of imidazole rings is 1. The van der Waals surface area contributed by atoms with E-state index in [0.29, 0.717) is 38.6 Å². The molecule has 2 aliphatic rings. The third-order valence-corrected chi connectivity index (χ3v) is 7.83. The van der Waals surface area contributed by atoms with Gasteiger partial charge in [0.05, 0.1) is 35.8 Å². The Morgan fingerprint density at radius 1 is 1.04 bits per heavy atom. The number of amides is 1. The van der Waals surface area contributed by atoms with Gasteiger partial charge in [0.1, 0.15) is 35.4 Å². The highest BCUT2D eigenvalue weighted by atomic mass is 19.4. The van der Waals surface area contributed by atoms with Crippen LogP contribution in [0.15, 0.2) is 65.2 Å². The third kappa shape index (κ3) is 4.82. The summed E-state index contributed by atoms with van der Waals surface area (Å²) in [4.78, 5) is 29.5. The van der Waals surface area contributed by atoms with Crippen molar-refractivity contribution in [1.82, 2.24) is 14.7 Å². The minimum absolute atomic E-state index is 0.0455. The number of aromatic nitrogens is 3. The van der Waals surface area contributed by atoms with Gasteiger partial charge in [0.15, 0.2) is 5.82 Å². The van der Waals surface area contributed by atoms with E-state index in [1.165, 1.54) is 36.4 Å². The molecule has 0 unspecified atom stereocenters. The zero-order valence-corrected chi connectivity index (χ0v) is 23.3. The molecule has 0 saturated carbocycles. The minimum Gasteiger partial charge on any atom is -0.493 e. The number of ether oxygens (including phenoxy) is 2. The molecule has 0 bridgehead atoms. The number of hydrogen-bond donors (Lipinski definition) is 1. The van der Waals surface area contributed by atoms with Crippen LogP contribution in [0.2, 0.25) is 0 Å². The second-order valence-electron chi connectivity index (χ2n) is 10.7. The zero-order chi connectivity index (χ0) is 31.6. The van der Waals surface area contributed by atoms with Crippen molar-refractivity contribution < 1.29 is 46.3 Å². The number of carboxylic acid groups (broad SMARTS) is 1. The molecule has 0 aliphatic carbocycles. The van der Waals surface area contributed by atoms with Gasteiger partial charge < -0.3 is 19.1 Å². The lowest BCUT2D eigenvalue weighted by Gasteiger charge is -2.29. The second kappa shape index (κ2) is 10.4. The van der Waals surface area contributed by atoms with Crippen LogP contribution in [0.1, 0.15) is 35.3 Å². The first-order chi connectivity index (χ1) is 21.5. The highest BCUT2D eigenvalue weighted by Crippen LogP contribution is 2.46. The third-order valence-electron chi connectivity index (χ3n) is 7.83. The fourth-order valence-electron chi connectivity index (χ4n) is 5.91. The zero-order valence-electron chi connectivity index (χ0n) is 23.3. The summed E-state index contributed by atoms with van der Waals surface area (Å²) in [6, 6.07) is 13.4. The van der Waals surface area contributed by atoms with Gasteiger partial charge in [0.2, 0.25) is 0 Å². The molecule has 7 rings (SSSR count). The van der Waals surface area contributed by atoms with Crippen LogP contribution >= 0.6 is 0 Å². The van der Waals surface area contributed by atoms with Gasteiger partial charge in [-0.15, -0.1) is 0 Å². The molecule has 3 aromatic carbocycles. The fourth-order valence-corrected chi connectivity index (χ4v) is 5.91. The molecule has 0 saturated heterocycles. The van der Waals surface area contributed by atoms with E-state index < -0.39 is 35.8 Å². The summed E-state index contributed by atoms with van der Waals surface area (Å²) in [5, 5.41) is 13.3. The molecule has 0 spiro atoms. The van der Waals surface area contributed by atoms with Gasteiger partial charge >= 0.3 is 18.1 Å². The molecule has 2 aromatic heterocycles. The van der Waals surface area contributed by atoms with Gasteiger partial charge in [-0.1, -0.05) is 23.4 Å². The molecule has 5 aromatic rings. The topological polar surface area (TPSA) is 120 Å². The van der Waals surface area contributed by atoms with Gasteiger partial charge in [0.25, 0.3) is 0 Å². The quantitative estimate of drug-likeness (QED) is 0.226. The average Bonchev–Trinajstić information content (AvgIpc) is 3.78. The highest BCUT2D eigenvalue weighted by Gasteiger charge is 2.48. The average molecular weight is 623 g/mol. The van der Waals surface area contributed by atoms with E-state index in [2.05, 4.69) is 10.1 Å². The SMILES string of the molecule is Cc1cc(-c2nc3ccc(F)cc3n2-c2cccc3c2OC[C@H]3N(C(=O)C(F)(F)F)c2ccc3c(c2)OC[C@H]3CC(=O)O)no1. The van der Waals surface area contributed by atoms with E-state index in [9.17, 15) is 32.3 Å². The molecular weight excluding hydrogens is 600 g/mol. The van der Waals surface area contributed by atoms with Gasteiger partial charge in [-0.3, -0.25) is 19.1 Å². The Balaban J connectivity index is 1.36. The number of carbonyl (C=O) groups is 2. The molecule has 1 N–H and O–H groups in total. The minimum atomic E-state index is -5.23. The molecule has 45 heavy (non-hydrogen) atoms. The smallest absolute Gasteiger partial charge is 0.471 e. The maximum Gasteiger partial charge on any atom is 0.471 e. The summed E-state index contributed by atoms with van der Waals surface area (Å²) in [5.74, 6) is -3.03. The van der Waals surface area contributed by atoms with Crippen LogP contribution in [0.3, 0.4) is 0 Å². The van der Waals surface area contributed by atoms with Crippen molar-refractivity contribution in [2.75, 3.05) is 18.1 Å². The number of para-hydroxylation sites is 1. The number of aryl methyl sites for hydroxylation is 1. The summed E-state index contributed by atoms with van der Waals surface area (Å²) in [6.45, 7) is 1.41. The molecular formula is C31H22F4N4O6. The van der Waals surface area contributed by atoms with Gasteiger partial charge in [-0.05, 0) is 31.2 Å². The van der Waals surface area contributed by atoms with Crippen LogP contribution in [0.4, 0.5) is 23.2 Å². The second-order valence-corrected chi connectivity index (χ2v) is 10.7. The maximum absolute atomic E-state index is 14.5. The summed E-state index contributed by atoms with van der Waals surface area (Å²) >= 11 is 0. The van der Waals surface area contributed by atoms with E-state index in [4.69, 9.17) is 14.0 Å². The van der Waals surface area contributed by atoms with Gasteiger partial charge in [0, 0.05) is 40.9 Å². The highest BCUT2D eigenvalue weighted by molar-refractivity contribution is 5.98. The van der Waals surface area contributed by atoms with E-state index in [1.807, 2.05) is 0 Å². The lowest BCUT2D eigenvalue weighted by atomic mass is 9.97. The van der Waals surface area contributed by atoms with Crippen molar-refractivity contribution in [2.45, 2.75) is 31.5 Å². The van der Waals surface area contributed by atoms with Crippen LogP contribution in [0.25, 0.3) is 28.2 Å². The number of fused-ring (bicyclic) bond motifs is 3. The first-order valence-electron chi connectivity index (χ1n) is 13.8. The fraction of sp³-hybridized carbons (Fsp3) is 0.226. The van der Waals surface area contributed by atoms with E-state index >= 15 is 0 Å². The molecule has 230 valence electrons.